The van der Waals surface area contributed by atoms with Crippen LogP contribution < -0.4 is 0 Å². The first-order valence-corrected chi connectivity index (χ1v) is 9.45. The highest BCUT2D eigenvalue weighted by Crippen LogP contribution is 2.67. The fraction of sp³-hybridized carbons (Fsp3) is 0.947. The summed E-state index contributed by atoms with van der Waals surface area (Å²) in [6, 6.07) is 0. The molecule has 1 saturated heterocycles. The molecule has 5 fully saturated rings. The van der Waals surface area contributed by atoms with E-state index < -0.39 is 0 Å². The van der Waals surface area contributed by atoms with Gasteiger partial charge in [0.15, 0.2) is 0 Å². The summed E-state index contributed by atoms with van der Waals surface area (Å²) >= 11 is 0. The van der Waals surface area contributed by atoms with Crippen molar-refractivity contribution in [3.8, 4) is 0 Å². The fourth-order valence-corrected chi connectivity index (χ4v) is 7.54. The van der Waals surface area contributed by atoms with Gasteiger partial charge in [-0.05, 0) is 80.5 Å². The molecule has 0 aromatic carbocycles. The van der Waals surface area contributed by atoms with Crippen molar-refractivity contribution < 1.29 is 9.94 Å². The van der Waals surface area contributed by atoms with Crippen LogP contribution in [0.3, 0.4) is 0 Å². The van der Waals surface area contributed by atoms with E-state index in [4.69, 9.17) is 4.74 Å². The third-order valence-electron chi connectivity index (χ3n) is 8.79. The van der Waals surface area contributed by atoms with Crippen LogP contribution in [0.5, 0.6) is 0 Å². The van der Waals surface area contributed by atoms with Gasteiger partial charge in [0.2, 0.25) is 0 Å². The second-order valence-electron chi connectivity index (χ2n) is 9.29. The zero-order valence-corrected chi connectivity index (χ0v) is 13.9. The normalized spacial score (nSPS) is 61.1. The summed E-state index contributed by atoms with van der Waals surface area (Å²) in [4.78, 5) is 0. The summed E-state index contributed by atoms with van der Waals surface area (Å²) in [5.41, 5.74) is 1.80. The van der Waals surface area contributed by atoms with Crippen molar-refractivity contribution in [1.82, 2.24) is 0 Å². The molecule has 0 aromatic rings. The highest BCUT2D eigenvalue weighted by atomic mass is 16.6. The number of hydrogen-bond acceptors (Lipinski definition) is 3. The molecule has 22 heavy (non-hydrogen) atoms. The Morgan fingerprint density at radius 3 is 2.68 bits per heavy atom. The Labute approximate surface area is 133 Å². The smallest absolute Gasteiger partial charge is 0.0875 e. The number of rotatable bonds is 0. The molecule has 0 aromatic heterocycles. The number of ether oxygens (including phenoxy) is 1. The van der Waals surface area contributed by atoms with Gasteiger partial charge in [-0.1, -0.05) is 19.0 Å². The Morgan fingerprint density at radius 1 is 1.00 bits per heavy atom. The van der Waals surface area contributed by atoms with Crippen LogP contribution in [0.15, 0.2) is 5.16 Å². The molecule has 4 aliphatic carbocycles. The molecule has 1 aliphatic heterocycles. The van der Waals surface area contributed by atoms with Crippen LogP contribution in [-0.4, -0.2) is 23.1 Å². The number of epoxide rings is 1. The van der Waals surface area contributed by atoms with E-state index in [1.807, 2.05) is 0 Å². The summed E-state index contributed by atoms with van der Waals surface area (Å²) in [5.74, 6) is 3.32. The Hall–Kier alpha value is -0.570. The molecular formula is C19H29NO2. The largest absolute Gasteiger partial charge is 0.411 e. The quantitative estimate of drug-likeness (QED) is 0.413. The van der Waals surface area contributed by atoms with Gasteiger partial charge in [0.25, 0.3) is 0 Å². The van der Waals surface area contributed by atoms with E-state index in [1.54, 1.807) is 0 Å². The van der Waals surface area contributed by atoms with Crippen LogP contribution in [0.4, 0.5) is 0 Å². The first-order valence-electron chi connectivity index (χ1n) is 9.45. The molecule has 122 valence electrons. The minimum Gasteiger partial charge on any atom is -0.411 e. The molecule has 8 atom stereocenters. The monoisotopic (exact) mass is 303 g/mol. The predicted molar refractivity (Wildman–Crippen MR) is 85.0 cm³/mol. The predicted octanol–water partition coefficient (Wildman–Crippen LogP) is 4.24. The average Bonchev–Trinajstić information content (AvgIpc) is 3.21. The maximum atomic E-state index is 9.42. The van der Waals surface area contributed by atoms with Crippen molar-refractivity contribution in [3.05, 3.63) is 0 Å². The van der Waals surface area contributed by atoms with Crippen molar-refractivity contribution in [2.24, 2.45) is 39.7 Å². The summed E-state index contributed by atoms with van der Waals surface area (Å²) in [5, 5.41) is 13.1. The third kappa shape index (κ3) is 1.54. The summed E-state index contributed by atoms with van der Waals surface area (Å²) in [6.45, 7) is 4.97. The van der Waals surface area contributed by atoms with Gasteiger partial charge >= 0.3 is 0 Å². The fourth-order valence-electron chi connectivity index (χ4n) is 7.54. The van der Waals surface area contributed by atoms with Crippen LogP contribution in [0.2, 0.25) is 0 Å². The Balaban J connectivity index is 1.48. The van der Waals surface area contributed by atoms with E-state index >= 15 is 0 Å². The molecule has 0 bridgehead atoms. The average molecular weight is 303 g/mol. The Morgan fingerprint density at radius 2 is 1.86 bits per heavy atom. The first kappa shape index (κ1) is 13.8. The van der Waals surface area contributed by atoms with Gasteiger partial charge in [-0.3, -0.25) is 0 Å². The lowest BCUT2D eigenvalue weighted by Gasteiger charge is -2.59. The molecule has 5 rings (SSSR count). The topological polar surface area (TPSA) is 45.1 Å². The molecular weight excluding hydrogens is 274 g/mol. The van der Waals surface area contributed by atoms with E-state index in [-0.39, 0.29) is 5.41 Å². The second-order valence-corrected chi connectivity index (χ2v) is 9.29. The minimum absolute atomic E-state index is 0.187. The van der Waals surface area contributed by atoms with Crippen molar-refractivity contribution in [1.29, 1.82) is 0 Å². The van der Waals surface area contributed by atoms with Gasteiger partial charge < -0.3 is 9.94 Å². The highest BCUT2D eigenvalue weighted by Gasteiger charge is 2.64. The second kappa shape index (κ2) is 4.28. The molecule has 0 unspecified atom stereocenters. The molecule has 0 amide bonds. The summed E-state index contributed by atoms with van der Waals surface area (Å²) in [7, 11) is 0. The van der Waals surface area contributed by atoms with E-state index in [1.165, 1.54) is 44.9 Å². The van der Waals surface area contributed by atoms with Crippen molar-refractivity contribution in [2.45, 2.75) is 77.4 Å². The number of nitrogens with zero attached hydrogens (tertiary/aromatic N) is 1. The van der Waals surface area contributed by atoms with Crippen LogP contribution >= 0.6 is 0 Å². The van der Waals surface area contributed by atoms with E-state index in [0.717, 1.165) is 35.8 Å². The van der Waals surface area contributed by atoms with E-state index in [0.29, 0.717) is 17.6 Å². The molecule has 5 aliphatic rings. The van der Waals surface area contributed by atoms with Crippen LogP contribution in [0.25, 0.3) is 0 Å². The molecule has 3 heteroatoms. The van der Waals surface area contributed by atoms with Crippen molar-refractivity contribution in [3.63, 3.8) is 0 Å². The SMILES string of the molecule is C[C@]12CC[C@H]3O[C@H]3[C@@H]1CC[C@@H]1[C@@H]2CC[C@]2(C)/C(=N/O)CC[C@@H]12. The summed E-state index contributed by atoms with van der Waals surface area (Å²) in [6.07, 6.45) is 11.5. The van der Waals surface area contributed by atoms with Gasteiger partial charge in [0.1, 0.15) is 0 Å². The molecule has 1 heterocycles. The third-order valence-corrected chi connectivity index (χ3v) is 8.79. The van der Waals surface area contributed by atoms with Crippen molar-refractivity contribution in [2.75, 3.05) is 0 Å². The van der Waals surface area contributed by atoms with Crippen LogP contribution in [-0.2, 0) is 4.74 Å². The van der Waals surface area contributed by atoms with Gasteiger partial charge in [-0.2, -0.15) is 0 Å². The first-order chi connectivity index (χ1) is 10.6. The minimum atomic E-state index is 0.187. The number of hydrogen-bond donors (Lipinski definition) is 1. The Bertz CT molecular complexity index is 532. The lowest BCUT2D eigenvalue weighted by atomic mass is 9.45. The van der Waals surface area contributed by atoms with Gasteiger partial charge in [-0.25, -0.2) is 0 Å². The van der Waals surface area contributed by atoms with Gasteiger partial charge in [0.05, 0.1) is 17.9 Å². The van der Waals surface area contributed by atoms with Crippen molar-refractivity contribution >= 4 is 5.71 Å². The standard InChI is InChI=1S/C19H29NO2/c1-18-10-8-15-17(22-15)14(18)4-3-11-12-5-6-16(20-21)19(12,2)9-7-13(11)18/h11-15,17,21H,3-10H2,1-2H3/b20-16+/t11-,12-,13-,14-,15+,17-,18+,19-/m0/s1. The van der Waals surface area contributed by atoms with E-state index in [2.05, 4.69) is 19.0 Å². The summed E-state index contributed by atoms with van der Waals surface area (Å²) < 4.78 is 5.98. The Kier molecular flexibility index (Phi) is 2.69. The van der Waals surface area contributed by atoms with E-state index in [9.17, 15) is 5.21 Å². The zero-order chi connectivity index (χ0) is 15.1. The molecule has 1 N–H and O–H groups in total. The van der Waals surface area contributed by atoms with Gasteiger partial charge in [-0.15, -0.1) is 0 Å². The number of fused-ring (bicyclic) bond motifs is 7. The lowest BCUT2D eigenvalue weighted by Crippen LogP contribution is -2.54. The van der Waals surface area contributed by atoms with Gasteiger partial charge in [0, 0.05) is 5.41 Å². The molecule has 4 saturated carbocycles. The maximum absolute atomic E-state index is 9.42. The molecule has 0 spiro atoms. The highest BCUT2D eigenvalue weighted by molar-refractivity contribution is 5.91. The maximum Gasteiger partial charge on any atom is 0.0875 e. The number of oxime groups is 1. The van der Waals surface area contributed by atoms with Crippen LogP contribution in [0, 0.1) is 34.5 Å². The van der Waals surface area contributed by atoms with Crippen LogP contribution in [0.1, 0.15) is 65.2 Å². The lowest BCUT2D eigenvalue weighted by molar-refractivity contribution is -0.0904. The zero-order valence-electron chi connectivity index (χ0n) is 13.9. The molecule has 3 nitrogen and oxygen atoms in total. The molecule has 0 radical (unpaired) electrons.